The summed E-state index contributed by atoms with van der Waals surface area (Å²) < 4.78 is 53.6. The number of amides is 1. The fourth-order valence-corrected chi connectivity index (χ4v) is 3.49. The van der Waals surface area contributed by atoms with Crippen LogP contribution in [0.1, 0.15) is 51.7 Å². The number of halogens is 4. The Labute approximate surface area is 183 Å². The maximum absolute atomic E-state index is 14.4. The number of carbonyl (C=O) groups is 1. The minimum Gasteiger partial charge on any atom is -0.325 e. The molecular weight excluding hydrogens is 428 g/mol. The average Bonchev–Trinajstić information content (AvgIpc) is 3.45. The molecule has 2 aromatic rings. The standard InChI is InChI=1S/C23H24F4N2O3/c1-20(2)21(3,4)32-29(31-20)16-8-6-15(7-9-16)28-19(30)22(11-12-22)17-13-14(23(25,26)27)5-10-18(17)24/h5-10,13H,11-12H2,1-4H3,(H,28,30). The highest BCUT2D eigenvalue weighted by molar-refractivity contribution is 6.01. The van der Waals surface area contributed by atoms with Gasteiger partial charge >= 0.3 is 6.18 Å². The van der Waals surface area contributed by atoms with Crippen molar-refractivity contribution in [2.45, 2.75) is 63.3 Å². The SMILES string of the molecule is CC1(C)ON(c2ccc(NC(=O)C3(c4cc(C(F)(F)F)ccc4F)CC3)cc2)OC1(C)C. The van der Waals surface area contributed by atoms with Crippen molar-refractivity contribution in [3.05, 3.63) is 59.4 Å². The van der Waals surface area contributed by atoms with Gasteiger partial charge in [0, 0.05) is 11.3 Å². The van der Waals surface area contributed by atoms with E-state index in [1.54, 1.807) is 24.3 Å². The molecule has 0 bridgehead atoms. The number of hydrogen-bond donors (Lipinski definition) is 1. The van der Waals surface area contributed by atoms with E-state index in [0.29, 0.717) is 17.4 Å². The third kappa shape index (κ3) is 3.84. The van der Waals surface area contributed by atoms with E-state index in [2.05, 4.69) is 5.32 Å². The lowest BCUT2D eigenvalue weighted by Crippen LogP contribution is -2.41. The Hall–Kier alpha value is -2.65. The van der Waals surface area contributed by atoms with Gasteiger partial charge in [0.1, 0.15) is 17.0 Å². The van der Waals surface area contributed by atoms with E-state index in [9.17, 15) is 22.4 Å². The number of anilines is 2. The lowest BCUT2D eigenvalue weighted by Gasteiger charge is -2.26. The fraction of sp³-hybridized carbons (Fsp3) is 0.435. The third-order valence-electron chi connectivity index (χ3n) is 6.40. The van der Waals surface area contributed by atoms with Gasteiger partial charge in [-0.3, -0.25) is 4.79 Å². The summed E-state index contributed by atoms with van der Waals surface area (Å²) in [7, 11) is 0. The molecule has 0 radical (unpaired) electrons. The van der Waals surface area contributed by atoms with Gasteiger partial charge in [-0.2, -0.15) is 13.2 Å². The molecule has 0 unspecified atom stereocenters. The van der Waals surface area contributed by atoms with Crippen molar-refractivity contribution in [2.75, 3.05) is 10.5 Å². The molecule has 1 saturated carbocycles. The maximum atomic E-state index is 14.4. The summed E-state index contributed by atoms with van der Waals surface area (Å²) >= 11 is 0. The summed E-state index contributed by atoms with van der Waals surface area (Å²) in [5.41, 5.74) is -2.61. The predicted octanol–water partition coefficient (Wildman–Crippen LogP) is 5.76. The third-order valence-corrected chi connectivity index (χ3v) is 6.40. The molecule has 2 aliphatic rings. The molecule has 1 saturated heterocycles. The van der Waals surface area contributed by atoms with Crippen molar-refractivity contribution in [2.24, 2.45) is 0 Å². The first kappa shape index (κ1) is 22.5. The van der Waals surface area contributed by atoms with E-state index < -0.39 is 40.1 Å². The first-order chi connectivity index (χ1) is 14.8. The number of nitrogens with zero attached hydrogens (tertiary/aromatic N) is 1. The quantitative estimate of drug-likeness (QED) is 0.600. The van der Waals surface area contributed by atoms with Gasteiger partial charge in [0.2, 0.25) is 5.91 Å². The normalized spacial score (nSPS) is 20.8. The van der Waals surface area contributed by atoms with Crippen molar-refractivity contribution in [1.29, 1.82) is 0 Å². The second-order valence-corrected chi connectivity index (χ2v) is 9.24. The minimum atomic E-state index is -4.62. The zero-order valence-corrected chi connectivity index (χ0v) is 18.1. The Bertz CT molecular complexity index is 1030. The molecule has 0 aromatic heterocycles. The van der Waals surface area contributed by atoms with Crippen molar-refractivity contribution in [1.82, 2.24) is 0 Å². The molecule has 0 atom stereocenters. The van der Waals surface area contributed by atoms with Crippen LogP contribution in [0, 0.1) is 5.82 Å². The number of nitrogens with one attached hydrogen (secondary N) is 1. The van der Waals surface area contributed by atoms with Crippen LogP contribution in [0.15, 0.2) is 42.5 Å². The molecule has 1 heterocycles. The zero-order valence-electron chi connectivity index (χ0n) is 18.1. The average molecular weight is 452 g/mol. The molecule has 1 aliphatic heterocycles. The highest BCUT2D eigenvalue weighted by atomic mass is 19.4. The van der Waals surface area contributed by atoms with E-state index in [-0.39, 0.29) is 18.4 Å². The van der Waals surface area contributed by atoms with Crippen LogP contribution >= 0.6 is 0 Å². The second-order valence-electron chi connectivity index (χ2n) is 9.24. The predicted molar refractivity (Wildman–Crippen MR) is 110 cm³/mol. The Morgan fingerprint density at radius 3 is 2.03 bits per heavy atom. The van der Waals surface area contributed by atoms with Crippen LogP contribution in [-0.2, 0) is 26.1 Å². The first-order valence-corrected chi connectivity index (χ1v) is 10.2. The lowest BCUT2D eigenvalue weighted by molar-refractivity contribution is -0.137. The van der Waals surface area contributed by atoms with Crippen molar-refractivity contribution in [3.63, 3.8) is 0 Å². The molecular formula is C23H24F4N2O3. The Kier molecular flexibility index (Phi) is 5.06. The summed E-state index contributed by atoms with van der Waals surface area (Å²) in [6.45, 7) is 7.63. The summed E-state index contributed by atoms with van der Waals surface area (Å²) in [5.74, 6) is -1.37. The number of hydrogen-bond acceptors (Lipinski definition) is 4. The molecule has 2 fully saturated rings. The van der Waals surface area contributed by atoms with E-state index in [4.69, 9.17) is 9.68 Å². The molecule has 1 N–H and O–H groups in total. The molecule has 5 nitrogen and oxygen atoms in total. The molecule has 1 aliphatic carbocycles. The highest BCUT2D eigenvalue weighted by Gasteiger charge is 2.53. The number of rotatable bonds is 4. The van der Waals surface area contributed by atoms with E-state index in [1.165, 1.54) is 5.23 Å². The van der Waals surface area contributed by atoms with Crippen molar-refractivity contribution < 1.29 is 32.0 Å². The fourth-order valence-electron chi connectivity index (χ4n) is 3.49. The molecule has 1 amide bonds. The summed E-state index contributed by atoms with van der Waals surface area (Å²) in [6, 6.07) is 8.77. The molecule has 9 heteroatoms. The van der Waals surface area contributed by atoms with Gasteiger partial charge in [0.25, 0.3) is 0 Å². The van der Waals surface area contributed by atoms with Crippen LogP contribution in [0.25, 0.3) is 0 Å². The van der Waals surface area contributed by atoms with Gasteiger partial charge in [-0.1, -0.05) is 0 Å². The van der Waals surface area contributed by atoms with Gasteiger partial charge in [-0.05, 0) is 83.0 Å². The van der Waals surface area contributed by atoms with Gasteiger partial charge in [-0.25, -0.2) is 14.1 Å². The van der Waals surface area contributed by atoms with Crippen LogP contribution in [0.2, 0.25) is 0 Å². The van der Waals surface area contributed by atoms with Crippen LogP contribution in [-0.4, -0.2) is 17.1 Å². The van der Waals surface area contributed by atoms with Crippen molar-refractivity contribution in [3.8, 4) is 0 Å². The smallest absolute Gasteiger partial charge is 0.325 e. The topological polar surface area (TPSA) is 50.8 Å². The monoisotopic (exact) mass is 452 g/mol. The van der Waals surface area contributed by atoms with E-state index in [0.717, 1.165) is 12.1 Å². The molecule has 4 rings (SSSR count). The number of benzene rings is 2. The Balaban J connectivity index is 1.51. The zero-order chi connectivity index (χ0) is 23.5. The summed E-state index contributed by atoms with van der Waals surface area (Å²) in [4.78, 5) is 24.6. The van der Waals surface area contributed by atoms with Gasteiger partial charge in [0.15, 0.2) is 0 Å². The largest absolute Gasteiger partial charge is 0.416 e. The summed E-state index contributed by atoms with van der Waals surface area (Å²) in [6.07, 6.45) is -4.07. The Morgan fingerprint density at radius 1 is 0.969 bits per heavy atom. The van der Waals surface area contributed by atoms with Gasteiger partial charge < -0.3 is 5.32 Å². The Morgan fingerprint density at radius 2 is 1.53 bits per heavy atom. The van der Waals surface area contributed by atoms with Gasteiger partial charge in [0.05, 0.1) is 16.7 Å². The summed E-state index contributed by atoms with van der Waals surface area (Å²) in [5, 5.41) is 4.00. The van der Waals surface area contributed by atoms with Crippen LogP contribution in [0.4, 0.5) is 28.9 Å². The highest BCUT2D eigenvalue weighted by Crippen LogP contribution is 2.51. The van der Waals surface area contributed by atoms with Crippen LogP contribution < -0.4 is 10.5 Å². The number of alkyl halides is 3. The maximum Gasteiger partial charge on any atom is 0.416 e. The van der Waals surface area contributed by atoms with Crippen LogP contribution in [0.5, 0.6) is 0 Å². The van der Waals surface area contributed by atoms with E-state index >= 15 is 0 Å². The van der Waals surface area contributed by atoms with Gasteiger partial charge in [-0.15, -0.1) is 5.23 Å². The molecule has 172 valence electrons. The van der Waals surface area contributed by atoms with Crippen molar-refractivity contribution >= 4 is 17.3 Å². The first-order valence-electron chi connectivity index (χ1n) is 10.2. The second kappa shape index (κ2) is 7.18. The molecule has 2 aromatic carbocycles. The molecule has 0 spiro atoms. The minimum absolute atomic E-state index is 0.232. The van der Waals surface area contributed by atoms with Crippen LogP contribution in [0.3, 0.4) is 0 Å². The lowest BCUT2D eigenvalue weighted by atomic mass is 9.90. The van der Waals surface area contributed by atoms with E-state index in [1.807, 2.05) is 27.7 Å². The number of carbonyl (C=O) groups excluding carboxylic acids is 1. The molecule has 32 heavy (non-hydrogen) atoms.